The molecule has 0 bridgehead atoms. The van der Waals surface area contributed by atoms with E-state index in [1.54, 1.807) is 12.1 Å². The third-order valence-corrected chi connectivity index (χ3v) is 3.87. The van der Waals surface area contributed by atoms with Crippen molar-refractivity contribution in [2.45, 2.75) is 12.8 Å². The summed E-state index contributed by atoms with van der Waals surface area (Å²) < 4.78 is 16.4. The highest BCUT2D eigenvalue weighted by Gasteiger charge is 2.09. The lowest BCUT2D eigenvalue weighted by Crippen LogP contribution is -2.36. The van der Waals surface area contributed by atoms with Gasteiger partial charge in [0.2, 0.25) is 0 Å². The summed E-state index contributed by atoms with van der Waals surface area (Å²) >= 11 is 0. The second kappa shape index (κ2) is 7.42. The molecule has 22 heavy (non-hydrogen) atoms. The van der Waals surface area contributed by atoms with E-state index in [0.717, 1.165) is 51.4 Å². The van der Waals surface area contributed by atoms with Crippen molar-refractivity contribution >= 4 is 11.0 Å². The van der Waals surface area contributed by atoms with Crippen LogP contribution in [0.25, 0.3) is 11.0 Å². The van der Waals surface area contributed by atoms with Crippen LogP contribution in [-0.4, -0.2) is 44.4 Å². The van der Waals surface area contributed by atoms with Crippen LogP contribution in [-0.2, 0) is 4.74 Å². The van der Waals surface area contributed by atoms with Crippen LogP contribution in [0.2, 0.25) is 0 Å². The fraction of sp³-hybridized carbons (Fsp3) is 0.471. The Labute approximate surface area is 129 Å². The maximum atomic E-state index is 11.6. The summed E-state index contributed by atoms with van der Waals surface area (Å²) in [6, 6.07) is 6.78. The van der Waals surface area contributed by atoms with E-state index in [4.69, 9.17) is 13.9 Å². The molecule has 1 fully saturated rings. The lowest BCUT2D eigenvalue weighted by atomic mass is 10.2. The molecule has 3 rings (SSSR count). The third-order valence-electron chi connectivity index (χ3n) is 3.87. The van der Waals surface area contributed by atoms with E-state index >= 15 is 0 Å². The standard InChI is InChI=1S/C17H21NO4/c19-16-5-10-22-17-13-14(3-4-15(16)17)21-9-2-1-6-18-7-11-20-12-8-18/h3-5,10,13H,1-2,6-9,11-12H2. The van der Waals surface area contributed by atoms with Crippen molar-refractivity contribution < 1.29 is 13.9 Å². The SMILES string of the molecule is O=c1ccoc2cc(OCCCCN3CCOCC3)ccc12. The van der Waals surface area contributed by atoms with Crippen molar-refractivity contribution in [2.75, 3.05) is 39.5 Å². The van der Waals surface area contributed by atoms with Gasteiger partial charge in [0.1, 0.15) is 11.3 Å². The van der Waals surface area contributed by atoms with Gasteiger partial charge in [-0.25, -0.2) is 0 Å². The second-order valence-corrected chi connectivity index (χ2v) is 5.45. The average Bonchev–Trinajstić information content (AvgIpc) is 2.56. The van der Waals surface area contributed by atoms with Crippen LogP contribution in [0.15, 0.2) is 39.7 Å². The van der Waals surface area contributed by atoms with Crippen LogP contribution in [0, 0.1) is 0 Å². The summed E-state index contributed by atoms with van der Waals surface area (Å²) in [5.74, 6) is 0.744. The maximum Gasteiger partial charge on any atom is 0.192 e. The Bertz CT molecular complexity index is 661. The zero-order valence-corrected chi connectivity index (χ0v) is 12.6. The predicted molar refractivity (Wildman–Crippen MR) is 84.5 cm³/mol. The van der Waals surface area contributed by atoms with Gasteiger partial charge >= 0.3 is 0 Å². The van der Waals surface area contributed by atoms with Gasteiger partial charge in [0.05, 0.1) is 31.5 Å². The number of rotatable bonds is 6. The Morgan fingerprint density at radius 2 is 2.00 bits per heavy atom. The van der Waals surface area contributed by atoms with Crippen LogP contribution in [0.5, 0.6) is 5.75 Å². The molecule has 0 radical (unpaired) electrons. The number of unbranched alkanes of at least 4 members (excludes halogenated alkanes) is 1. The van der Waals surface area contributed by atoms with Gasteiger partial charge < -0.3 is 13.9 Å². The van der Waals surface area contributed by atoms with Gasteiger partial charge in [-0.15, -0.1) is 0 Å². The minimum atomic E-state index is -0.0293. The molecule has 1 saturated heterocycles. The van der Waals surface area contributed by atoms with Gasteiger partial charge in [0.15, 0.2) is 5.43 Å². The first-order valence-electron chi connectivity index (χ1n) is 7.77. The Morgan fingerprint density at radius 3 is 2.86 bits per heavy atom. The molecule has 0 spiro atoms. The van der Waals surface area contributed by atoms with E-state index < -0.39 is 0 Å². The fourth-order valence-corrected chi connectivity index (χ4v) is 2.60. The van der Waals surface area contributed by atoms with Gasteiger partial charge in [-0.05, 0) is 31.5 Å². The molecule has 1 aromatic heterocycles. The maximum absolute atomic E-state index is 11.6. The van der Waals surface area contributed by atoms with E-state index in [0.29, 0.717) is 17.6 Å². The van der Waals surface area contributed by atoms with E-state index in [-0.39, 0.29) is 5.43 Å². The van der Waals surface area contributed by atoms with Gasteiger partial charge in [0, 0.05) is 25.2 Å². The van der Waals surface area contributed by atoms with Gasteiger partial charge in [-0.1, -0.05) is 0 Å². The van der Waals surface area contributed by atoms with E-state index in [2.05, 4.69) is 4.90 Å². The Morgan fingerprint density at radius 1 is 1.14 bits per heavy atom. The number of nitrogens with zero attached hydrogens (tertiary/aromatic N) is 1. The van der Waals surface area contributed by atoms with Crippen LogP contribution < -0.4 is 10.2 Å². The monoisotopic (exact) mass is 303 g/mol. The van der Waals surface area contributed by atoms with Crippen molar-refractivity contribution in [1.29, 1.82) is 0 Å². The summed E-state index contributed by atoms with van der Waals surface area (Å²) in [5, 5.41) is 0.585. The molecule has 1 aromatic carbocycles. The molecular formula is C17H21NO4. The van der Waals surface area contributed by atoms with Crippen molar-refractivity contribution in [1.82, 2.24) is 4.90 Å². The van der Waals surface area contributed by atoms with Crippen molar-refractivity contribution in [3.05, 3.63) is 40.8 Å². The summed E-state index contributed by atoms with van der Waals surface area (Å²) in [4.78, 5) is 14.0. The van der Waals surface area contributed by atoms with Crippen LogP contribution >= 0.6 is 0 Å². The number of hydrogen-bond acceptors (Lipinski definition) is 5. The zero-order chi connectivity index (χ0) is 15.2. The lowest BCUT2D eigenvalue weighted by molar-refractivity contribution is 0.0368. The number of benzene rings is 1. The van der Waals surface area contributed by atoms with E-state index in [1.807, 2.05) is 6.07 Å². The summed E-state index contributed by atoms with van der Waals surface area (Å²) in [6.07, 6.45) is 3.54. The molecule has 1 aliphatic heterocycles. The molecule has 1 aliphatic rings. The van der Waals surface area contributed by atoms with Crippen molar-refractivity contribution in [3.8, 4) is 5.75 Å². The first kappa shape index (κ1) is 15.1. The summed E-state index contributed by atoms with van der Waals surface area (Å²) in [7, 11) is 0. The molecule has 5 heteroatoms. The topological polar surface area (TPSA) is 51.9 Å². The fourth-order valence-electron chi connectivity index (χ4n) is 2.60. The third kappa shape index (κ3) is 3.87. The normalized spacial score (nSPS) is 16.0. The largest absolute Gasteiger partial charge is 0.493 e. The quantitative estimate of drug-likeness (QED) is 0.766. The number of fused-ring (bicyclic) bond motifs is 1. The number of morpholine rings is 1. The molecule has 0 amide bonds. The molecule has 0 unspecified atom stereocenters. The molecule has 2 heterocycles. The first-order valence-corrected chi connectivity index (χ1v) is 7.77. The molecule has 118 valence electrons. The first-order chi connectivity index (χ1) is 10.8. The lowest BCUT2D eigenvalue weighted by Gasteiger charge is -2.26. The molecule has 0 N–H and O–H groups in total. The molecule has 0 aliphatic carbocycles. The highest BCUT2D eigenvalue weighted by molar-refractivity contribution is 5.77. The number of ether oxygens (including phenoxy) is 2. The summed E-state index contributed by atoms with van der Waals surface area (Å²) in [6.45, 7) is 5.53. The highest BCUT2D eigenvalue weighted by Crippen LogP contribution is 2.18. The summed E-state index contributed by atoms with van der Waals surface area (Å²) in [5.41, 5.74) is 0.539. The Balaban J connectivity index is 1.44. The van der Waals surface area contributed by atoms with Gasteiger partial charge in [-0.2, -0.15) is 0 Å². The molecular weight excluding hydrogens is 282 g/mol. The Hall–Kier alpha value is -1.85. The molecule has 0 atom stereocenters. The average molecular weight is 303 g/mol. The molecule has 2 aromatic rings. The van der Waals surface area contributed by atoms with Gasteiger partial charge in [-0.3, -0.25) is 9.69 Å². The van der Waals surface area contributed by atoms with Crippen LogP contribution in [0.4, 0.5) is 0 Å². The van der Waals surface area contributed by atoms with Crippen molar-refractivity contribution in [3.63, 3.8) is 0 Å². The Kier molecular flexibility index (Phi) is 5.08. The van der Waals surface area contributed by atoms with Crippen LogP contribution in [0.3, 0.4) is 0 Å². The minimum Gasteiger partial charge on any atom is -0.493 e. The van der Waals surface area contributed by atoms with Crippen LogP contribution in [0.1, 0.15) is 12.8 Å². The highest BCUT2D eigenvalue weighted by atomic mass is 16.5. The van der Waals surface area contributed by atoms with Crippen molar-refractivity contribution in [2.24, 2.45) is 0 Å². The van der Waals surface area contributed by atoms with Gasteiger partial charge in [0.25, 0.3) is 0 Å². The van der Waals surface area contributed by atoms with E-state index in [1.165, 1.54) is 12.3 Å². The minimum absolute atomic E-state index is 0.0293. The number of hydrogen-bond donors (Lipinski definition) is 0. The second-order valence-electron chi connectivity index (χ2n) is 5.45. The smallest absolute Gasteiger partial charge is 0.192 e. The van der Waals surface area contributed by atoms with E-state index in [9.17, 15) is 4.79 Å². The molecule has 0 saturated carbocycles. The predicted octanol–water partition coefficient (Wildman–Crippen LogP) is 2.28. The zero-order valence-electron chi connectivity index (χ0n) is 12.6. The molecule has 5 nitrogen and oxygen atoms in total.